The Morgan fingerprint density at radius 3 is 2.43 bits per heavy atom. The molecule has 28 heavy (non-hydrogen) atoms. The van der Waals surface area contributed by atoms with Crippen molar-refractivity contribution in [3.63, 3.8) is 0 Å². The molecule has 0 aliphatic carbocycles. The fourth-order valence-corrected chi connectivity index (χ4v) is 2.91. The number of nitrogens with two attached hydrogens (primary N) is 1. The van der Waals surface area contributed by atoms with Crippen LogP contribution < -0.4 is 16.0 Å². The average Bonchev–Trinajstić information content (AvgIpc) is 3.10. The molecular formula is C21H24N6O. The van der Waals surface area contributed by atoms with Gasteiger partial charge >= 0.3 is 0 Å². The summed E-state index contributed by atoms with van der Waals surface area (Å²) >= 11 is 0. The summed E-state index contributed by atoms with van der Waals surface area (Å²) < 4.78 is 1.59. The van der Waals surface area contributed by atoms with Crippen LogP contribution in [-0.2, 0) is 7.05 Å². The number of carbonyl (C=O) groups excluding carboxylic acids is 1. The van der Waals surface area contributed by atoms with Crippen molar-refractivity contribution in [2.45, 2.75) is 13.0 Å². The van der Waals surface area contributed by atoms with E-state index in [0.29, 0.717) is 5.69 Å². The summed E-state index contributed by atoms with van der Waals surface area (Å²) in [5.74, 6) is -0.214. The number of guanidine groups is 1. The van der Waals surface area contributed by atoms with Gasteiger partial charge in [0, 0.05) is 25.3 Å². The van der Waals surface area contributed by atoms with Crippen LogP contribution in [0.2, 0.25) is 0 Å². The molecule has 0 spiro atoms. The van der Waals surface area contributed by atoms with E-state index in [4.69, 9.17) is 11.1 Å². The molecule has 4 N–H and O–H groups in total. The number of aromatic nitrogens is 2. The predicted molar refractivity (Wildman–Crippen MR) is 111 cm³/mol. The smallest absolute Gasteiger partial charge is 0.270 e. The van der Waals surface area contributed by atoms with Gasteiger partial charge in [-0.15, -0.1) is 0 Å². The van der Waals surface area contributed by atoms with Crippen LogP contribution in [0.15, 0.2) is 60.7 Å². The molecule has 0 aliphatic rings. The van der Waals surface area contributed by atoms with E-state index >= 15 is 0 Å². The lowest BCUT2D eigenvalue weighted by Gasteiger charge is -2.19. The summed E-state index contributed by atoms with van der Waals surface area (Å²) in [7, 11) is 3.49. The maximum absolute atomic E-state index is 12.7. The Balaban J connectivity index is 1.72. The van der Waals surface area contributed by atoms with Crippen molar-refractivity contribution < 1.29 is 4.79 Å². The molecule has 3 aromatic rings. The quantitative estimate of drug-likeness (QED) is 0.471. The van der Waals surface area contributed by atoms with Gasteiger partial charge in [0.15, 0.2) is 5.96 Å². The van der Waals surface area contributed by atoms with E-state index in [1.807, 2.05) is 61.5 Å². The first-order valence-corrected chi connectivity index (χ1v) is 8.95. The van der Waals surface area contributed by atoms with Crippen molar-refractivity contribution in [1.29, 1.82) is 5.41 Å². The van der Waals surface area contributed by atoms with Gasteiger partial charge in [0.2, 0.25) is 0 Å². The first-order chi connectivity index (χ1) is 13.4. The van der Waals surface area contributed by atoms with E-state index in [-0.39, 0.29) is 17.9 Å². The molecule has 2 aromatic carbocycles. The van der Waals surface area contributed by atoms with Crippen LogP contribution in [0.25, 0.3) is 11.3 Å². The van der Waals surface area contributed by atoms with Gasteiger partial charge in [-0.1, -0.05) is 42.5 Å². The fraction of sp³-hybridized carbons (Fsp3) is 0.190. The molecule has 0 fully saturated rings. The fourth-order valence-electron chi connectivity index (χ4n) is 2.91. The molecule has 7 heteroatoms. The normalized spacial score (nSPS) is 11.7. The van der Waals surface area contributed by atoms with Crippen molar-refractivity contribution in [3.05, 3.63) is 71.9 Å². The van der Waals surface area contributed by atoms with E-state index < -0.39 is 0 Å². The number of anilines is 1. The van der Waals surface area contributed by atoms with Gasteiger partial charge in [0.1, 0.15) is 5.69 Å². The second-order valence-corrected chi connectivity index (χ2v) is 6.64. The molecule has 0 unspecified atom stereocenters. The number of carbonyl (C=O) groups is 1. The molecule has 0 saturated heterocycles. The molecule has 0 saturated carbocycles. The van der Waals surface area contributed by atoms with Crippen LogP contribution in [0.5, 0.6) is 0 Å². The maximum Gasteiger partial charge on any atom is 0.270 e. The Morgan fingerprint density at radius 1 is 1.18 bits per heavy atom. The van der Waals surface area contributed by atoms with Gasteiger partial charge in [-0.3, -0.25) is 14.9 Å². The first kappa shape index (κ1) is 19.2. The van der Waals surface area contributed by atoms with Crippen molar-refractivity contribution in [2.75, 3.05) is 11.9 Å². The maximum atomic E-state index is 12.7. The minimum atomic E-state index is -0.186. The number of rotatable bonds is 5. The van der Waals surface area contributed by atoms with Crippen LogP contribution in [0.4, 0.5) is 5.69 Å². The number of nitrogens with one attached hydrogen (secondary N) is 2. The molecule has 0 radical (unpaired) electrons. The highest BCUT2D eigenvalue weighted by molar-refractivity contribution is 5.94. The molecule has 144 valence electrons. The molecular weight excluding hydrogens is 352 g/mol. The van der Waals surface area contributed by atoms with E-state index in [0.717, 1.165) is 22.5 Å². The Labute approximate surface area is 164 Å². The Morgan fingerprint density at radius 2 is 1.82 bits per heavy atom. The van der Waals surface area contributed by atoms with E-state index in [2.05, 4.69) is 10.4 Å². The second kappa shape index (κ2) is 7.96. The number of hydrogen-bond acceptors (Lipinski definition) is 3. The monoisotopic (exact) mass is 376 g/mol. The summed E-state index contributed by atoms with van der Waals surface area (Å²) in [6, 6.07) is 18.9. The Hall–Kier alpha value is -3.61. The Bertz CT molecular complexity index is 978. The SMILES string of the molecule is C[C@@H](NC(=O)c1cc(-c2ccccc2)nn1C)c1ccc(N(C)C(=N)N)cc1. The summed E-state index contributed by atoms with van der Waals surface area (Å²) in [5, 5.41) is 14.9. The largest absolute Gasteiger partial charge is 0.370 e. The van der Waals surface area contributed by atoms with E-state index in [1.165, 1.54) is 0 Å². The number of aryl methyl sites for hydroxylation is 1. The molecule has 1 amide bonds. The van der Waals surface area contributed by atoms with Crippen LogP contribution >= 0.6 is 0 Å². The van der Waals surface area contributed by atoms with Crippen molar-refractivity contribution in [2.24, 2.45) is 12.8 Å². The van der Waals surface area contributed by atoms with Crippen molar-refractivity contribution >= 4 is 17.6 Å². The zero-order valence-electron chi connectivity index (χ0n) is 16.2. The topological polar surface area (TPSA) is 100 Å². The van der Waals surface area contributed by atoms with Gasteiger partial charge in [-0.2, -0.15) is 5.10 Å². The van der Waals surface area contributed by atoms with E-state index in [1.54, 1.807) is 29.7 Å². The molecule has 1 heterocycles. The van der Waals surface area contributed by atoms with Gasteiger partial charge in [0.25, 0.3) is 5.91 Å². The second-order valence-electron chi connectivity index (χ2n) is 6.64. The lowest BCUT2D eigenvalue weighted by molar-refractivity contribution is 0.0930. The van der Waals surface area contributed by atoms with E-state index in [9.17, 15) is 4.79 Å². The summed E-state index contributed by atoms with van der Waals surface area (Å²) in [6.45, 7) is 1.93. The Kier molecular flexibility index (Phi) is 5.44. The zero-order chi connectivity index (χ0) is 20.3. The number of nitrogens with zero attached hydrogens (tertiary/aromatic N) is 3. The lowest BCUT2D eigenvalue weighted by Crippen LogP contribution is -2.32. The lowest BCUT2D eigenvalue weighted by atomic mass is 10.1. The zero-order valence-corrected chi connectivity index (χ0v) is 16.2. The van der Waals surface area contributed by atoms with Crippen LogP contribution in [-0.4, -0.2) is 28.7 Å². The molecule has 0 bridgehead atoms. The van der Waals surface area contributed by atoms with Gasteiger partial charge in [0.05, 0.1) is 11.7 Å². The number of hydrogen-bond donors (Lipinski definition) is 3. The molecule has 1 atom stereocenters. The summed E-state index contributed by atoms with van der Waals surface area (Å²) in [5.41, 5.74) is 9.50. The first-order valence-electron chi connectivity index (χ1n) is 8.95. The third-order valence-corrected chi connectivity index (χ3v) is 4.67. The van der Waals surface area contributed by atoms with Crippen molar-refractivity contribution in [3.8, 4) is 11.3 Å². The standard InChI is InChI=1S/C21H24N6O/c1-14(15-9-11-17(12-10-15)26(2)21(22)23)24-20(28)19-13-18(25-27(19)3)16-7-5-4-6-8-16/h4-14H,1-3H3,(H3,22,23)(H,24,28)/t14-/m1/s1. The highest BCUT2D eigenvalue weighted by Crippen LogP contribution is 2.21. The van der Waals surface area contributed by atoms with Gasteiger partial charge < -0.3 is 16.0 Å². The average molecular weight is 376 g/mol. The highest BCUT2D eigenvalue weighted by atomic mass is 16.2. The molecule has 3 rings (SSSR count). The number of amides is 1. The van der Waals surface area contributed by atoms with Crippen LogP contribution in [0.3, 0.4) is 0 Å². The summed E-state index contributed by atoms with van der Waals surface area (Å²) in [6.07, 6.45) is 0. The van der Waals surface area contributed by atoms with Crippen LogP contribution in [0, 0.1) is 5.41 Å². The van der Waals surface area contributed by atoms with Gasteiger partial charge in [-0.25, -0.2) is 0 Å². The van der Waals surface area contributed by atoms with Crippen LogP contribution in [0.1, 0.15) is 29.0 Å². The van der Waals surface area contributed by atoms with Crippen molar-refractivity contribution in [1.82, 2.24) is 15.1 Å². The predicted octanol–water partition coefficient (Wildman–Crippen LogP) is 2.91. The summed E-state index contributed by atoms with van der Waals surface area (Å²) in [4.78, 5) is 14.3. The highest BCUT2D eigenvalue weighted by Gasteiger charge is 2.17. The molecule has 1 aromatic heterocycles. The minimum Gasteiger partial charge on any atom is -0.370 e. The van der Waals surface area contributed by atoms with Gasteiger partial charge in [-0.05, 0) is 30.7 Å². The number of benzene rings is 2. The third kappa shape index (κ3) is 4.03. The molecule has 0 aliphatic heterocycles. The molecule has 7 nitrogen and oxygen atoms in total. The third-order valence-electron chi connectivity index (χ3n) is 4.67. The minimum absolute atomic E-state index is 0.0282.